The third-order valence-electron chi connectivity index (χ3n) is 6.83. The molecule has 0 bridgehead atoms. The van der Waals surface area contributed by atoms with Crippen molar-refractivity contribution in [2.75, 3.05) is 31.7 Å². The van der Waals surface area contributed by atoms with Crippen LogP contribution in [0.4, 0.5) is 19.0 Å². The van der Waals surface area contributed by atoms with E-state index in [1.807, 2.05) is 6.92 Å². The lowest BCUT2D eigenvalue weighted by molar-refractivity contribution is -0.137. The number of alkyl halides is 3. The highest BCUT2D eigenvalue weighted by molar-refractivity contribution is 6.29. The van der Waals surface area contributed by atoms with Gasteiger partial charge in [-0.3, -0.25) is 4.90 Å². The van der Waals surface area contributed by atoms with E-state index in [-0.39, 0.29) is 18.1 Å². The first kappa shape index (κ1) is 29.9. The summed E-state index contributed by atoms with van der Waals surface area (Å²) in [7, 11) is 1.63. The quantitative estimate of drug-likeness (QED) is 0.519. The molecule has 1 fully saturated rings. The highest BCUT2D eigenvalue weighted by Crippen LogP contribution is 2.32. The number of anilines is 1. The largest absolute Gasteiger partial charge is 0.416 e. The van der Waals surface area contributed by atoms with Gasteiger partial charge in [-0.2, -0.15) is 18.2 Å². The number of aromatic nitrogens is 2. The van der Waals surface area contributed by atoms with Crippen molar-refractivity contribution in [3.63, 3.8) is 0 Å². The Hall–Kier alpha value is -2.62. The molecule has 2 heterocycles. The van der Waals surface area contributed by atoms with Crippen LogP contribution in [0.3, 0.4) is 0 Å². The number of H-pyrrole nitrogens is 1. The van der Waals surface area contributed by atoms with Crippen LogP contribution in [0.25, 0.3) is 12.2 Å². The summed E-state index contributed by atoms with van der Waals surface area (Å²) < 4.78 is 44.8. The molecule has 3 atom stereocenters. The van der Waals surface area contributed by atoms with Crippen LogP contribution in [0.5, 0.6) is 0 Å². The minimum Gasteiger partial charge on any atom is -0.383 e. The molecule has 0 radical (unpaired) electrons. The van der Waals surface area contributed by atoms with Crippen molar-refractivity contribution in [3.8, 4) is 0 Å². The SMILES string of the molecule is CCC\C=c1/c(N2C[C@@H](COC)N(C(C)c3ccc(C(F)(F)F)cc3)CC2C)nc(=O)[nH]/c1=C/C=C(\C)Cl. The highest BCUT2D eigenvalue weighted by Gasteiger charge is 2.36. The fraction of sp³-hybridized carbons (Fsp3) is 0.500. The van der Waals surface area contributed by atoms with E-state index < -0.39 is 17.4 Å². The molecule has 0 saturated carbocycles. The average molecular weight is 553 g/mol. The topological polar surface area (TPSA) is 61.5 Å². The van der Waals surface area contributed by atoms with Gasteiger partial charge in [-0.05, 0) is 57.0 Å². The molecule has 0 aliphatic carbocycles. The maximum Gasteiger partial charge on any atom is 0.416 e. The van der Waals surface area contributed by atoms with Gasteiger partial charge in [0.05, 0.1) is 23.6 Å². The van der Waals surface area contributed by atoms with Crippen molar-refractivity contribution < 1.29 is 17.9 Å². The Morgan fingerprint density at radius 3 is 2.55 bits per heavy atom. The van der Waals surface area contributed by atoms with Crippen LogP contribution in [0, 0.1) is 0 Å². The number of ether oxygens (including phenoxy) is 1. The van der Waals surface area contributed by atoms with Crippen LogP contribution >= 0.6 is 11.6 Å². The molecule has 0 amide bonds. The first-order chi connectivity index (χ1) is 18.0. The van der Waals surface area contributed by atoms with Crippen molar-refractivity contribution in [3.05, 3.63) is 67.6 Å². The van der Waals surface area contributed by atoms with Gasteiger partial charge in [0.2, 0.25) is 0 Å². The van der Waals surface area contributed by atoms with E-state index in [0.29, 0.717) is 35.9 Å². The van der Waals surface area contributed by atoms with E-state index >= 15 is 0 Å². The second-order valence-corrected chi connectivity index (χ2v) is 10.3. The molecule has 3 rings (SSSR count). The molecule has 6 nitrogen and oxygen atoms in total. The number of nitrogens with zero attached hydrogens (tertiary/aromatic N) is 3. The second-order valence-electron chi connectivity index (χ2n) is 9.71. The predicted molar refractivity (Wildman–Crippen MR) is 147 cm³/mol. The molecule has 1 aromatic carbocycles. The third kappa shape index (κ3) is 7.27. The lowest BCUT2D eigenvalue weighted by Gasteiger charge is -2.48. The summed E-state index contributed by atoms with van der Waals surface area (Å²) in [5.41, 5.74) is -0.314. The maximum absolute atomic E-state index is 13.1. The number of allylic oxidation sites excluding steroid dienone is 2. The van der Waals surface area contributed by atoms with Crippen molar-refractivity contribution in [1.29, 1.82) is 0 Å². The van der Waals surface area contributed by atoms with Crippen molar-refractivity contribution in [1.82, 2.24) is 14.9 Å². The highest BCUT2D eigenvalue weighted by atomic mass is 35.5. The Kier molecular flexibility index (Phi) is 10.2. The van der Waals surface area contributed by atoms with Crippen LogP contribution in [0.15, 0.2) is 40.2 Å². The van der Waals surface area contributed by atoms with Crippen LogP contribution in [-0.4, -0.2) is 53.8 Å². The predicted octanol–water partition coefficient (Wildman–Crippen LogP) is 4.58. The van der Waals surface area contributed by atoms with E-state index in [1.165, 1.54) is 0 Å². The molecule has 2 unspecified atom stereocenters. The summed E-state index contributed by atoms with van der Waals surface area (Å²) >= 11 is 6.04. The van der Waals surface area contributed by atoms with Crippen molar-refractivity contribution >= 4 is 29.6 Å². The summed E-state index contributed by atoms with van der Waals surface area (Å²) in [4.78, 5) is 24.2. The number of methoxy groups -OCH3 is 1. The molecule has 1 aliphatic rings. The number of halogens is 4. The van der Waals surface area contributed by atoms with Gasteiger partial charge in [-0.25, -0.2) is 4.79 Å². The fourth-order valence-corrected chi connectivity index (χ4v) is 4.91. The zero-order valence-corrected chi connectivity index (χ0v) is 23.2. The number of hydrogen-bond acceptors (Lipinski definition) is 5. The van der Waals surface area contributed by atoms with E-state index in [0.717, 1.165) is 35.8 Å². The van der Waals surface area contributed by atoms with Gasteiger partial charge in [0.1, 0.15) is 5.82 Å². The molecule has 2 aromatic rings. The van der Waals surface area contributed by atoms with E-state index in [2.05, 4.69) is 39.7 Å². The Labute approximate surface area is 226 Å². The summed E-state index contributed by atoms with van der Waals surface area (Å²) in [6.45, 7) is 9.47. The number of nitrogens with one attached hydrogen (secondary N) is 1. The lowest BCUT2D eigenvalue weighted by atomic mass is 9.99. The number of rotatable bonds is 8. The van der Waals surface area contributed by atoms with Gasteiger partial charge >= 0.3 is 11.9 Å². The monoisotopic (exact) mass is 552 g/mol. The molecule has 1 aromatic heterocycles. The molecule has 1 N–H and O–H groups in total. The first-order valence-corrected chi connectivity index (χ1v) is 13.2. The summed E-state index contributed by atoms with van der Waals surface area (Å²) in [6.07, 6.45) is 2.98. The van der Waals surface area contributed by atoms with Gasteiger partial charge in [0.25, 0.3) is 0 Å². The van der Waals surface area contributed by atoms with E-state index in [1.54, 1.807) is 38.3 Å². The number of unbranched alkanes of at least 4 members (excludes halogenated alkanes) is 1. The normalized spacial score (nSPS) is 21.3. The van der Waals surface area contributed by atoms with Crippen LogP contribution < -0.4 is 21.2 Å². The molecular formula is C28H36ClF3N4O2. The third-order valence-corrected chi connectivity index (χ3v) is 6.96. The number of piperazine rings is 1. The molecule has 1 aliphatic heterocycles. The van der Waals surface area contributed by atoms with Crippen LogP contribution in [-0.2, 0) is 10.9 Å². The Balaban J connectivity index is 2.01. The molecule has 10 heteroatoms. The molecular weight excluding hydrogens is 517 g/mol. The van der Waals surface area contributed by atoms with Crippen molar-refractivity contribution in [2.45, 2.75) is 64.8 Å². The summed E-state index contributed by atoms with van der Waals surface area (Å²) in [5.74, 6) is 0.601. The second kappa shape index (κ2) is 13.0. The van der Waals surface area contributed by atoms with Crippen LogP contribution in [0.2, 0.25) is 0 Å². The fourth-order valence-electron chi connectivity index (χ4n) is 4.84. The smallest absolute Gasteiger partial charge is 0.383 e. The van der Waals surface area contributed by atoms with E-state index in [9.17, 15) is 18.0 Å². The van der Waals surface area contributed by atoms with Gasteiger partial charge < -0.3 is 14.6 Å². The average Bonchev–Trinajstić information content (AvgIpc) is 2.86. The number of aromatic amines is 1. The number of hydrogen-bond donors (Lipinski definition) is 1. The molecule has 1 saturated heterocycles. The Morgan fingerprint density at radius 2 is 1.97 bits per heavy atom. The number of benzene rings is 1. The zero-order valence-electron chi connectivity index (χ0n) is 22.5. The van der Waals surface area contributed by atoms with Gasteiger partial charge in [0, 0.05) is 42.5 Å². The molecule has 38 heavy (non-hydrogen) atoms. The minimum atomic E-state index is -4.37. The van der Waals surface area contributed by atoms with Crippen LogP contribution in [0.1, 0.15) is 57.7 Å². The molecule has 0 spiro atoms. The Morgan fingerprint density at radius 1 is 1.29 bits per heavy atom. The molecule has 208 valence electrons. The standard InChI is InChI=1S/C28H36ClF3N4O2/c1-6-7-8-24-25(14-9-18(2)29)33-27(37)34-26(24)35-16-23(17-38-5)36(15-19(35)3)20(4)21-10-12-22(13-11-21)28(30,31)32/h8-14,19-20,23H,6-7,15-17H2,1-5H3,(H,33,37)/b18-9+,24-8-,25-14+/t19?,20?,23-/m0/s1. The Bertz CT molecular complexity index is 1290. The van der Waals surface area contributed by atoms with Gasteiger partial charge in [0.15, 0.2) is 0 Å². The lowest BCUT2D eigenvalue weighted by Crippen LogP contribution is -2.61. The van der Waals surface area contributed by atoms with Gasteiger partial charge in [-0.15, -0.1) is 0 Å². The van der Waals surface area contributed by atoms with E-state index in [4.69, 9.17) is 16.3 Å². The first-order valence-electron chi connectivity index (χ1n) is 12.8. The summed E-state index contributed by atoms with van der Waals surface area (Å²) in [6, 6.07) is 5.09. The zero-order chi connectivity index (χ0) is 28.0. The summed E-state index contributed by atoms with van der Waals surface area (Å²) in [5, 5.41) is 2.07. The maximum atomic E-state index is 13.1. The van der Waals surface area contributed by atoms with Gasteiger partial charge in [-0.1, -0.05) is 43.2 Å². The minimum absolute atomic E-state index is 0.0266. The van der Waals surface area contributed by atoms with Crippen molar-refractivity contribution in [2.24, 2.45) is 0 Å².